The van der Waals surface area contributed by atoms with Gasteiger partial charge in [-0.1, -0.05) is 30.3 Å². The summed E-state index contributed by atoms with van der Waals surface area (Å²) < 4.78 is 0. The van der Waals surface area contributed by atoms with Gasteiger partial charge in [0.1, 0.15) is 5.82 Å². The highest BCUT2D eigenvalue weighted by atomic mass is 16.3. The molecule has 1 saturated heterocycles. The standard InChI is InChI=1S/C17H23N5O3/c23-15-17(25,12-18-11-14-19-16(24)21-20-14)8-4-9-22(15)10-7-13-5-2-1-3-6-13/h1-3,5-6,18,25H,4,7-12H2,(H2,19,20,21,24). The summed E-state index contributed by atoms with van der Waals surface area (Å²) in [7, 11) is 0. The summed E-state index contributed by atoms with van der Waals surface area (Å²) in [6.45, 7) is 1.67. The summed E-state index contributed by atoms with van der Waals surface area (Å²) in [5, 5.41) is 19.8. The molecule has 25 heavy (non-hydrogen) atoms. The summed E-state index contributed by atoms with van der Waals surface area (Å²) in [5.41, 5.74) is -0.618. The number of amides is 1. The van der Waals surface area contributed by atoms with Crippen molar-refractivity contribution in [3.05, 3.63) is 52.2 Å². The zero-order valence-electron chi connectivity index (χ0n) is 14.0. The third-order valence-corrected chi connectivity index (χ3v) is 4.48. The first-order valence-corrected chi connectivity index (χ1v) is 8.47. The molecule has 1 atom stereocenters. The highest BCUT2D eigenvalue weighted by Crippen LogP contribution is 2.22. The number of hydrogen-bond acceptors (Lipinski definition) is 5. The molecule has 4 N–H and O–H groups in total. The van der Waals surface area contributed by atoms with Gasteiger partial charge in [0.2, 0.25) is 0 Å². The third-order valence-electron chi connectivity index (χ3n) is 4.48. The Labute approximate surface area is 145 Å². The van der Waals surface area contributed by atoms with Gasteiger partial charge in [-0.3, -0.25) is 9.78 Å². The van der Waals surface area contributed by atoms with Gasteiger partial charge >= 0.3 is 5.69 Å². The van der Waals surface area contributed by atoms with Crippen LogP contribution in [0.2, 0.25) is 0 Å². The fourth-order valence-electron chi connectivity index (χ4n) is 3.13. The molecule has 1 aromatic heterocycles. The molecule has 0 aliphatic carbocycles. The maximum absolute atomic E-state index is 12.7. The molecule has 0 bridgehead atoms. The minimum absolute atomic E-state index is 0.128. The first-order chi connectivity index (χ1) is 12.1. The van der Waals surface area contributed by atoms with Crippen molar-refractivity contribution in [3.8, 4) is 0 Å². The number of nitrogens with zero attached hydrogens (tertiary/aromatic N) is 2. The van der Waals surface area contributed by atoms with Crippen LogP contribution >= 0.6 is 0 Å². The first-order valence-electron chi connectivity index (χ1n) is 8.47. The van der Waals surface area contributed by atoms with Crippen molar-refractivity contribution in [1.29, 1.82) is 0 Å². The van der Waals surface area contributed by atoms with Crippen LogP contribution in [0.1, 0.15) is 24.2 Å². The maximum Gasteiger partial charge on any atom is 0.340 e. The lowest BCUT2D eigenvalue weighted by Gasteiger charge is -2.38. The molecule has 0 radical (unpaired) electrons. The number of aromatic amines is 2. The number of rotatable bonds is 7. The molecule has 1 aromatic carbocycles. The minimum atomic E-state index is -1.41. The van der Waals surface area contributed by atoms with Crippen molar-refractivity contribution >= 4 is 5.91 Å². The van der Waals surface area contributed by atoms with E-state index in [1.165, 1.54) is 5.56 Å². The predicted molar refractivity (Wildman–Crippen MR) is 91.8 cm³/mol. The van der Waals surface area contributed by atoms with Crippen molar-refractivity contribution in [2.24, 2.45) is 0 Å². The van der Waals surface area contributed by atoms with Crippen LogP contribution in [0.4, 0.5) is 0 Å². The normalized spacial score (nSPS) is 20.8. The Morgan fingerprint density at radius 2 is 2.08 bits per heavy atom. The van der Waals surface area contributed by atoms with E-state index in [9.17, 15) is 14.7 Å². The van der Waals surface area contributed by atoms with Crippen molar-refractivity contribution in [1.82, 2.24) is 25.4 Å². The van der Waals surface area contributed by atoms with Crippen molar-refractivity contribution < 1.29 is 9.90 Å². The molecule has 1 fully saturated rings. The Morgan fingerprint density at radius 1 is 1.28 bits per heavy atom. The summed E-state index contributed by atoms with van der Waals surface area (Å²) in [4.78, 5) is 27.9. The molecule has 1 unspecified atom stereocenters. The van der Waals surface area contributed by atoms with Gasteiger partial charge in [-0.25, -0.2) is 9.89 Å². The van der Waals surface area contributed by atoms with Crippen molar-refractivity contribution in [2.75, 3.05) is 19.6 Å². The van der Waals surface area contributed by atoms with Gasteiger partial charge in [-0.15, -0.1) is 0 Å². The van der Waals surface area contributed by atoms with Gasteiger partial charge in [0.25, 0.3) is 5.91 Å². The lowest BCUT2D eigenvalue weighted by Crippen LogP contribution is -2.58. The van der Waals surface area contributed by atoms with Crippen LogP contribution in [0.25, 0.3) is 0 Å². The lowest BCUT2D eigenvalue weighted by molar-refractivity contribution is -0.156. The Hall–Kier alpha value is -2.45. The highest BCUT2D eigenvalue weighted by molar-refractivity contribution is 5.86. The van der Waals surface area contributed by atoms with Crippen LogP contribution in [0, 0.1) is 0 Å². The smallest absolute Gasteiger partial charge is 0.340 e. The number of carbonyl (C=O) groups is 1. The number of H-pyrrole nitrogens is 2. The van der Waals surface area contributed by atoms with E-state index in [2.05, 4.69) is 20.5 Å². The zero-order chi connectivity index (χ0) is 17.7. The van der Waals surface area contributed by atoms with E-state index < -0.39 is 5.60 Å². The van der Waals surface area contributed by atoms with E-state index >= 15 is 0 Å². The molecule has 0 spiro atoms. The topological polar surface area (TPSA) is 114 Å². The van der Waals surface area contributed by atoms with Gasteiger partial charge in [0, 0.05) is 19.6 Å². The van der Waals surface area contributed by atoms with E-state index in [-0.39, 0.29) is 24.7 Å². The minimum Gasteiger partial charge on any atom is -0.379 e. The van der Waals surface area contributed by atoms with E-state index in [4.69, 9.17) is 0 Å². The summed E-state index contributed by atoms with van der Waals surface area (Å²) >= 11 is 0. The lowest BCUT2D eigenvalue weighted by atomic mass is 9.91. The predicted octanol–water partition coefficient (Wildman–Crippen LogP) is -0.216. The van der Waals surface area contributed by atoms with E-state index in [1.54, 1.807) is 4.90 Å². The molecule has 8 nitrogen and oxygen atoms in total. The quantitative estimate of drug-likeness (QED) is 0.554. The highest BCUT2D eigenvalue weighted by Gasteiger charge is 2.41. The maximum atomic E-state index is 12.7. The van der Waals surface area contributed by atoms with Crippen molar-refractivity contribution in [3.63, 3.8) is 0 Å². The molecule has 1 aliphatic rings. The van der Waals surface area contributed by atoms with Crippen LogP contribution in [0.15, 0.2) is 35.1 Å². The van der Waals surface area contributed by atoms with Crippen molar-refractivity contribution in [2.45, 2.75) is 31.4 Å². The molecular formula is C17H23N5O3. The van der Waals surface area contributed by atoms with Gasteiger partial charge in [-0.2, -0.15) is 5.10 Å². The SMILES string of the molecule is O=C1N(CCc2ccccc2)CCCC1(O)CNCc1n[nH]c(=O)[nH]1. The number of aliphatic hydroxyl groups is 1. The monoisotopic (exact) mass is 345 g/mol. The summed E-state index contributed by atoms with van der Waals surface area (Å²) in [6.07, 6.45) is 1.96. The molecule has 1 aliphatic heterocycles. The molecule has 0 saturated carbocycles. The number of nitrogens with one attached hydrogen (secondary N) is 3. The van der Waals surface area contributed by atoms with Crippen LogP contribution in [0.5, 0.6) is 0 Å². The van der Waals surface area contributed by atoms with Gasteiger partial charge < -0.3 is 15.3 Å². The molecule has 2 aromatic rings. The number of carbonyl (C=O) groups excluding carboxylic acids is 1. The molecule has 134 valence electrons. The molecule has 2 heterocycles. The van der Waals surface area contributed by atoms with Crippen LogP contribution < -0.4 is 11.0 Å². The number of benzene rings is 1. The third kappa shape index (κ3) is 4.34. The van der Waals surface area contributed by atoms with Crippen LogP contribution in [-0.2, 0) is 17.8 Å². The average Bonchev–Trinajstić information content (AvgIpc) is 3.03. The second-order valence-electron chi connectivity index (χ2n) is 6.39. The van der Waals surface area contributed by atoms with E-state index in [0.29, 0.717) is 25.3 Å². The second-order valence-corrected chi connectivity index (χ2v) is 6.39. The summed E-state index contributed by atoms with van der Waals surface area (Å²) in [6, 6.07) is 9.99. The number of aromatic nitrogens is 3. The number of hydrogen-bond donors (Lipinski definition) is 4. The fourth-order valence-corrected chi connectivity index (χ4v) is 3.13. The van der Waals surface area contributed by atoms with Crippen LogP contribution in [0.3, 0.4) is 0 Å². The van der Waals surface area contributed by atoms with E-state index in [1.807, 2.05) is 30.3 Å². The van der Waals surface area contributed by atoms with Crippen LogP contribution in [-0.4, -0.2) is 56.3 Å². The molecule has 8 heteroatoms. The fraction of sp³-hybridized carbons (Fsp3) is 0.471. The average molecular weight is 345 g/mol. The largest absolute Gasteiger partial charge is 0.379 e. The summed E-state index contributed by atoms with van der Waals surface area (Å²) in [5.74, 6) is 0.204. The first kappa shape index (κ1) is 17.4. The Bertz CT molecular complexity index is 757. The van der Waals surface area contributed by atoms with E-state index in [0.717, 1.165) is 12.8 Å². The number of piperidine rings is 1. The van der Waals surface area contributed by atoms with Gasteiger partial charge in [0.15, 0.2) is 5.60 Å². The number of likely N-dealkylation sites (tertiary alicyclic amines) is 1. The molecule has 1 amide bonds. The second kappa shape index (κ2) is 7.62. The Kier molecular flexibility index (Phi) is 5.30. The van der Waals surface area contributed by atoms with Gasteiger partial charge in [0.05, 0.1) is 6.54 Å². The Morgan fingerprint density at radius 3 is 2.80 bits per heavy atom. The van der Waals surface area contributed by atoms with Gasteiger partial charge in [-0.05, 0) is 24.8 Å². The molecular weight excluding hydrogens is 322 g/mol. The Balaban J connectivity index is 1.53. The molecule has 3 rings (SSSR count). The zero-order valence-corrected chi connectivity index (χ0v) is 14.0.